The second-order valence-electron chi connectivity index (χ2n) is 12.9. The van der Waals surface area contributed by atoms with Gasteiger partial charge in [0.2, 0.25) is 5.91 Å². The van der Waals surface area contributed by atoms with E-state index in [9.17, 15) is 24.9 Å². The summed E-state index contributed by atoms with van der Waals surface area (Å²) < 4.78 is 11.4. The number of aliphatic hydroxyl groups is 3. The molecule has 8 nitrogen and oxygen atoms in total. The number of amides is 1. The molecule has 0 aromatic heterocycles. The second kappa shape index (κ2) is 27.7. The molecule has 0 radical (unpaired) electrons. The van der Waals surface area contributed by atoms with Crippen LogP contribution < -0.4 is 5.32 Å². The van der Waals surface area contributed by atoms with Gasteiger partial charge in [0.25, 0.3) is 0 Å². The van der Waals surface area contributed by atoms with Crippen LogP contribution in [0.15, 0.2) is 23.8 Å². The van der Waals surface area contributed by atoms with E-state index in [4.69, 9.17) is 9.47 Å². The molecular formula is C36H67NO7. The zero-order valence-corrected chi connectivity index (χ0v) is 28.8. The molecule has 7 atom stereocenters. The molecule has 0 aliphatic heterocycles. The van der Waals surface area contributed by atoms with Crippen LogP contribution in [0.2, 0.25) is 0 Å². The van der Waals surface area contributed by atoms with Crippen molar-refractivity contribution < 1.29 is 34.4 Å². The summed E-state index contributed by atoms with van der Waals surface area (Å²) >= 11 is 0. The van der Waals surface area contributed by atoms with Gasteiger partial charge in [0.1, 0.15) is 12.4 Å². The molecule has 0 aliphatic rings. The highest BCUT2D eigenvalue weighted by Crippen LogP contribution is 2.20. The summed E-state index contributed by atoms with van der Waals surface area (Å²) in [5.74, 6) is 1.12. The van der Waals surface area contributed by atoms with Crippen LogP contribution >= 0.6 is 0 Å². The first kappa shape index (κ1) is 42.4. The van der Waals surface area contributed by atoms with Crippen molar-refractivity contribution >= 4 is 12.2 Å². The number of aliphatic hydroxyl groups excluding tert-OH is 3. The largest absolute Gasteiger partial charge is 0.391 e. The highest BCUT2D eigenvalue weighted by atomic mass is 16.5. The van der Waals surface area contributed by atoms with E-state index in [1.54, 1.807) is 7.11 Å². The predicted octanol–water partition coefficient (Wildman–Crippen LogP) is 6.31. The summed E-state index contributed by atoms with van der Waals surface area (Å²) in [6.07, 6.45) is 15.0. The number of carbonyl (C=O) groups is 2. The number of nitrogens with one attached hydrogen (secondary N) is 1. The molecule has 258 valence electrons. The molecular weight excluding hydrogens is 558 g/mol. The van der Waals surface area contributed by atoms with Crippen molar-refractivity contribution in [3.8, 4) is 0 Å². The van der Waals surface area contributed by atoms with Crippen LogP contribution in [0.1, 0.15) is 125 Å². The molecule has 0 spiro atoms. The maximum absolute atomic E-state index is 12.9. The van der Waals surface area contributed by atoms with Crippen molar-refractivity contribution in [3.63, 3.8) is 0 Å². The molecule has 8 heteroatoms. The monoisotopic (exact) mass is 625 g/mol. The van der Waals surface area contributed by atoms with Gasteiger partial charge in [-0.2, -0.15) is 0 Å². The molecule has 0 saturated heterocycles. The summed E-state index contributed by atoms with van der Waals surface area (Å²) in [4.78, 5) is 23.4. The Bertz CT molecular complexity index is 772. The molecule has 0 bridgehead atoms. The van der Waals surface area contributed by atoms with Crippen molar-refractivity contribution in [2.45, 2.75) is 149 Å². The lowest BCUT2D eigenvalue weighted by molar-refractivity contribution is -0.135. The zero-order valence-electron chi connectivity index (χ0n) is 28.8. The van der Waals surface area contributed by atoms with Crippen molar-refractivity contribution in [1.82, 2.24) is 5.32 Å². The molecule has 44 heavy (non-hydrogen) atoms. The maximum atomic E-state index is 12.9. The predicted molar refractivity (Wildman–Crippen MR) is 179 cm³/mol. The standard InChI is InChI=1S/C36H67NO7/c1-7-9-11-16-29(4)23-30(5)26-44-35(19-10-8-2)36(42)37-25-32(39)24-34(41)33(40)21-20-31(27-43-6)18-14-17-28(3)15-12-13-22-38/h14,17-18,22,28-30,32-35,39-41H,7-13,15-16,19-21,23-27H2,1-6H3,(H,37,42)/b17-14+,31-18-. The van der Waals surface area contributed by atoms with Gasteiger partial charge in [-0.3, -0.25) is 4.79 Å². The molecule has 0 aromatic carbocycles. The molecule has 0 fully saturated rings. The molecule has 1 amide bonds. The molecule has 7 unspecified atom stereocenters. The minimum atomic E-state index is -1.12. The van der Waals surface area contributed by atoms with Crippen molar-refractivity contribution in [2.75, 3.05) is 26.9 Å². The van der Waals surface area contributed by atoms with Crippen LogP contribution in [-0.2, 0) is 19.1 Å². The number of rotatable bonds is 29. The number of carbonyl (C=O) groups excluding carboxylic acids is 2. The second-order valence-corrected chi connectivity index (χ2v) is 12.9. The van der Waals surface area contributed by atoms with Gasteiger partial charge in [-0.25, -0.2) is 0 Å². The van der Waals surface area contributed by atoms with Gasteiger partial charge in [-0.05, 0) is 61.9 Å². The van der Waals surface area contributed by atoms with Gasteiger partial charge in [0, 0.05) is 26.5 Å². The Balaban J connectivity index is 4.70. The number of unbranched alkanes of at least 4 members (excludes halogenated alkanes) is 4. The Morgan fingerprint density at radius 3 is 2.25 bits per heavy atom. The van der Waals surface area contributed by atoms with Gasteiger partial charge in [0.15, 0.2) is 0 Å². The highest BCUT2D eigenvalue weighted by Gasteiger charge is 2.24. The van der Waals surface area contributed by atoms with Gasteiger partial charge in [-0.1, -0.05) is 91.4 Å². The minimum absolute atomic E-state index is 0.0106. The Labute approximate surface area is 269 Å². The number of ether oxygens (including phenoxy) is 2. The number of allylic oxidation sites excluding steroid dienone is 3. The first-order chi connectivity index (χ1) is 21.1. The topological polar surface area (TPSA) is 125 Å². The van der Waals surface area contributed by atoms with E-state index in [2.05, 4.69) is 46.0 Å². The maximum Gasteiger partial charge on any atom is 0.249 e. The molecule has 0 aliphatic carbocycles. The van der Waals surface area contributed by atoms with Crippen LogP contribution in [0.5, 0.6) is 0 Å². The summed E-state index contributed by atoms with van der Waals surface area (Å²) in [5.41, 5.74) is 0.987. The third-order valence-corrected chi connectivity index (χ3v) is 8.11. The van der Waals surface area contributed by atoms with E-state index in [1.807, 2.05) is 12.2 Å². The molecule has 0 heterocycles. The van der Waals surface area contributed by atoms with Crippen molar-refractivity contribution in [3.05, 3.63) is 23.8 Å². The molecule has 0 rings (SSSR count). The first-order valence-electron chi connectivity index (χ1n) is 17.3. The quantitative estimate of drug-likeness (QED) is 0.0436. The average molecular weight is 626 g/mol. The Hall–Kier alpha value is -1.58. The van der Waals surface area contributed by atoms with Crippen LogP contribution in [0.4, 0.5) is 0 Å². The fourth-order valence-electron chi connectivity index (χ4n) is 5.34. The summed E-state index contributed by atoms with van der Waals surface area (Å²) in [6, 6.07) is 0. The Morgan fingerprint density at radius 1 is 0.864 bits per heavy atom. The van der Waals surface area contributed by atoms with Gasteiger partial charge < -0.3 is 34.9 Å². The smallest absolute Gasteiger partial charge is 0.249 e. The Morgan fingerprint density at radius 2 is 1.59 bits per heavy atom. The summed E-state index contributed by atoms with van der Waals surface area (Å²) in [6.45, 7) is 11.8. The lowest BCUT2D eigenvalue weighted by Crippen LogP contribution is -2.42. The van der Waals surface area contributed by atoms with E-state index in [0.29, 0.717) is 56.7 Å². The summed E-state index contributed by atoms with van der Waals surface area (Å²) in [7, 11) is 1.62. The van der Waals surface area contributed by atoms with E-state index < -0.39 is 24.4 Å². The van der Waals surface area contributed by atoms with Crippen LogP contribution in [0, 0.1) is 17.8 Å². The number of aldehydes is 1. The zero-order chi connectivity index (χ0) is 33.2. The van der Waals surface area contributed by atoms with Crippen LogP contribution in [-0.4, -0.2) is 78.8 Å². The minimum Gasteiger partial charge on any atom is -0.391 e. The average Bonchev–Trinajstić information content (AvgIpc) is 2.98. The fourth-order valence-corrected chi connectivity index (χ4v) is 5.34. The lowest BCUT2D eigenvalue weighted by Gasteiger charge is -2.24. The lowest BCUT2D eigenvalue weighted by atomic mass is 9.93. The van der Waals surface area contributed by atoms with Crippen molar-refractivity contribution in [2.24, 2.45) is 17.8 Å². The van der Waals surface area contributed by atoms with Crippen molar-refractivity contribution in [1.29, 1.82) is 0 Å². The molecule has 4 N–H and O–H groups in total. The van der Waals surface area contributed by atoms with E-state index in [1.165, 1.54) is 25.7 Å². The Kier molecular flexibility index (Phi) is 26.7. The van der Waals surface area contributed by atoms with Crippen LogP contribution in [0.25, 0.3) is 0 Å². The normalized spacial score (nSPS) is 17.2. The third kappa shape index (κ3) is 22.9. The van der Waals surface area contributed by atoms with Gasteiger partial charge in [-0.15, -0.1) is 0 Å². The van der Waals surface area contributed by atoms with E-state index in [0.717, 1.165) is 44.0 Å². The third-order valence-electron chi connectivity index (χ3n) is 8.11. The summed E-state index contributed by atoms with van der Waals surface area (Å²) in [5, 5.41) is 34.4. The number of methoxy groups -OCH3 is 1. The highest BCUT2D eigenvalue weighted by molar-refractivity contribution is 5.80. The van der Waals surface area contributed by atoms with E-state index in [-0.39, 0.29) is 18.9 Å². The first-order valence-corrected chi connectivity index (χ1v) is 17.3. The van der Waals surface area contributed by atoms with Crippen LogP contribution in [0.3, 0.4) is 0 Å². The number of hydrogen-bond donors (Lipinski definition) is 4. The van der Waals surface area contributed by atoms with Gasteiger partial charge >= 0.3 is 0 Å². The molecule has 0 saturated carbocycles. The molecule has 0 aromatic rings. The SMILES string of the molecule is CCCCCC(C)CC(C)COC(CCCC)C(=O)NCC(O)CC(O)C(O)CC/C(=C/C=C/C(C)CCCC=O)COC. The van der Waals surface area contributed by atoms with E-state index >= 15 is 0 Å². The number of hydrogen-bond acceptors (Lipinski definition) is 7. The fraction of sp³-hybridized carbons (Fsp3) is 0.833. The van der Waals surface area contributed by atoms with Gasteiger partial charge in [0.05, 0.1) is 31.5 Å².